The first-order valence-corrected chi connectivity index (χ1v) is 20.0. The predicted octanol–water partition coefficient (Wildman–Crippen LogP) is 9.88. The molecular weight excluding hydrogens is 859 g/mol. The van der Waals surface area contributed by atoms with E-state index in [1.807, 2.05) is 34.1 Å². The molecule has 4 aromatic rings. The van der Waals surface area contributed by atoms with Gasteiger partial charge in [0, 0.05) is 66.1 Å². The third-order valence-corrected chi connectivity index (χ3v) is 11.6. The molecule has 0 unspecified atom stereocenters. The SMILES string of the molecule is COc1cc(/C=C2/SC(N3CCN(C(=S)Nc4ccc(-c5c6ccc(=O)cc-6oc6cc(O)ccc56)cc4)CC3)=NC2=O)ccc1OCc1ccc(C(F)(F)F)cc1C(F)(F)F. The maximum absolute atomic E-state index is 13.6. The quantitative estimate of drug-likeness (QED) is 0.0691. The molecule has 2 N–H and O–H groups in total. The van der Waals surface area contributed by atoms with E-state index in [0.717, 1.165) is 33.8 Å². The van der Waals surface area contributed by atoms with Gasteiger partial charge in [-0.15, -0.1) is 0 Å². The minimum atomic E-state index is -5.05. The summed E-state index contributed by atoms with van der Waals surface area (Å²) in [7, 11) is 1.32. The van der Waals surface area contributed by atoms with Gasteiger partial charge in [0.05, 0.1) is 23.1 Å². The zero-order chi connectivity index (χ0) is 43.9. The van der Waals surface area contributed by atoms with Gasteiger partial charge in [-0.05, 0) is 102 Å². The smallest absolute Gasteiger partial charge is 0.416 e. The molecule has 1 aliphatic carbocycles. The number of amides is 1. The first-order valence-electron chi connectivity index (χ1n) is 18.8. The van der Waals surface area contributed by atoms with E-state index in [2.05, 4.69) is 10.3 Å². The number of hydrogen-bond donors (Lipinski definition) is 2. The Kier molecular flexibility index (Phi) is 11.4. The second-order valence-electron chi connectivity index (χ2n) is 14.2. The summed E-state index contributed by atoms with van der Waals surface area (Å²) in [5.41, 5.74) is 0.621. The van der Waals surface area contributed by atoms with Gasteiger partial charge >= 0.3 is 12.4 Å². The molecule has 0 radical (unpaired) electrons. The van der Waals surface area contributed by atoms with Crippen LogP contribution in [0.5, 0.6) is 17.2 Å². The van der Waals surface area contributed by atoms with Crippen molar-refractivity contribution in [1.82, 2.24) is 9.80 Å². The van der Waals surface area contributed by atoms with Crippen molar-refractivity contribution in [1.29, 1.82) is 0 Å². The van der Waals surface area contributed by atoms with Crippen LogP contribution in [-0.2, 0) is 23.8 Å². The molecule has 62 heavy (non-hydrogen) atoms. The van der Waals surface area contributed by atoms with E-state index in [-0.39, 0.29) is 28.7 Å². The van der Waals surface area contributed by atoms with Crippen molar-refractivity contribution in [2.75, 3.05) is 38.6 Å². The van der Waals surface area contributed by atoms with Gasteiger partial charge in [0.25, 0.3) is 5.91 Å². The van der Waals surface area contributed by atoms with Crippen molar-refractivity contribution in [3.05, 3.63) is 134 Å². The molecule has 10 nitrogen and oxygen atoms in total. The van der Waals surface area contributed by atoms with Crippen LogP contribution < -0.4 is 20.2 Å². The summed E-state index contributed by atoms with van der Waals surface area (Å²) in [5.74, 6) is 0.169. The number of phenols is 1. The highest BCUT2D eigenvalue weighted by Crippen LogP contribution is 2.42. The molecule has 3 heterocycles. The summed E-state index contributed by atoms with van der Waals surface area (Å²) in [6.07, 6.45) is -8.40. The number of benzene rings is 5. The van der Waals surface area contributed by atoms with E-state index in [9.17, 15) is 41.0 Å². The molecule has 0 atom stereocenters. The fraction of sp³-hybridized carbons (Fsp3) is 0.182. The lowest BCUT2D eigenvalue weighted by molar-refractivity contribution is -0.143. The molecule has 1 amide bonds. The number of amidine groups is 1. The van der Waals surface area contributed by atoms with E-state index in [0.29, 0.717) is 64.3 Å². The lowest BCUT2D eigenvalue weighted by atomic mass is 9.93. The number of aliphatic imine (C=N–C) groups is 1. The van der Waals surface area contributed by atoms with Crippen molar-refractivity contribution in [2.24, 2.45) is 4.99 Å². The zero-order valence-corrected chi connectivity index (χ0v) is 33.9. The summed E-state index contributed by atoms with van der Waals surface area (Å²) in [6.45, 7) is 1.47. The molecule has 318 valence electrons. The van der Waals surface area contributed by atoms with Gasteiger partial charge in [0.15, 0.2) is 27.2 Å². The number of nitrogens with one attached hydrogen (secondary N) is 1. The van der Waals surface area contributed by atoms with Crippen LogP contribution in [0.1, 0.15) is 22.3 Å². The van der Waals surface area contributed by atoms with Gasteiger partial charge in [0.1, 0.15) is 23.7 Å². The van der Waals surface area contributed by atoms with E-state index in [4.69, 9.17) is 26.1 Å². The Labute approximate surface area is 358 Å². The molecule has 18 heteroatoms. The van der Waals surface area contributed by atoms with Crippen LogP contribution in [0.4, 0.5) is 32.0 Å². The number of carbonyl (C=O) groups excluding carboxylic acids is 1. The monoisotopic (exact) mass is 890 g/mol. The van der Waals surface area contributed by atoms with E-state index in [1.54, 1.807) is 30.3 Å². The van der Waals surface area contributed by atoms with Crippen LogP contribution in [0.2, 0.25) is 0 Å². The topological polar surface area (TPSA) is 117 Å². The lowest BCUT2D eigenvalue weighted by Crippen LogP contribution is -2.50. The Balaban J connectivity index is 0.875. The molecule has 1 saturated heterocycles. The Morgan fingerprint density at radius 3 is 2.35 bits per heavy atom. The number of nitrogens with zero attached hydrogens (tertiary/aromatic N) is 3. The third kappa shape index (κ3) is 8.92. The normalized spacial score (nSPS) is 15.4. The second-order valence-corrected chi connectivity index (χ2v) is 15.6. The molecule has 0 saturated carbocycles. The Morgan fingerprint density at radius 1 is 0.887 bits per heavy atom. The van der Waals surface area contributed by atoms with Crippen LogP contribution in [0, 0.1) is 0 Å². The van der Waals surface area contributed by atoms with Gasteiger partial charge in [0.2, 0.25) is 0 Å². The number of methoxy groups -OCH3 is 1. The van der Waals surface area contributed by atoms with E-state index < -0.39 is 41.6 Å². The molecule has 1 fully saturated rings. The molecule has 4 aromatic carbocycles. The number of piperazine rings is 1. The van der Waals surface area contributed by atoms with Gasteiger partial charge in [-0.3, -0.25) is 9.59 Å². The number of alkyl halides is 6. The summed E-state index contributed by atoms with van der Waals surface area (Å²) in [6, 6.07) is 23.0. The average molecular weight is 891 g/mol. The number of ether oxygens (including phenoxy) is 2. The first kappa shape index (κ1) is 42.2. The number of halogens is 6. The fourth-order valence-electron chi connectivity index (χ4n) is 7.07. The minimum Gasteiger partial charge on any atom is -0.508 e. The number of rotatable bonds is 7. The molecule has 3 aliphatic heterocycles. The number of hydrogen-bond acceptors (Lipinski definition) is 9. The lowest BCUT2D eigenvalue weighted by Gasteiger charge is -2.36. The number of fused-ring (bicyclic) bond motifs is 2. The summed E-state index contributed by atoms with van der Waals surface area (Å²) in [4.78, 5) is 33.7. The number of thiocarbonyl (C=S) groups is 1. The molecule has 0 aromatic heterocycles. The fourth-order valence-corrected chi connectivity index (χ4v) is 8.33. The summed E-state index contributed by atoms with van der Waals surface area (Å²) >= 11 is 6.95. The van der Waals surface area contributed by atoms with E-state index in [1.165, 1.54) is 49.2 Å². The van der Waals surface area contributed by atoms with Crippen LogP contribution >= 0.6 is 24.0 Å². The van der Waals surface area contributed by atoms with Crippen molar-refractivity contribution < 1.29 is 50.1 Å². The molecule has 0 bridgehead atoms. The van der Waals surface area contributed by atoms with Gasteiger partial charge in [-0.25, -0.2) is 0 Å². The summed E-state index contributed by atoms with van der Waals surface area (Å²) < 4.78 is 97.2. The maximum atomic E-state index is 13.6. The average Bonchev–Trinajstić information content (AvgIpc) is 3.60. The van der Waals surface area contributed by atoms with Crippen molar-refractivity contribution >= 4 is 62.9 Å². The molecular formula is C44H32F6N4O6S2. The number of thioether (sulfide) groups is 1. The predicted molar refractivity (Wildman–Crippen MR) is 227 cm³/mol. The second kappa shape index (κ2) is 16.7. The largest absolute Gasteiger partial charge is 0.508 e. The summed E-state index contributed by atoms with van der Waals surface area (Å²) in [5, 5.41) is 15.2. The minimum absolute atomic E-state index is 0.0414. The van der Waals surface area contributed by atoms with Crippen molar-refractivity contribution in [3.63, 3.8) is 0 Å². The van der Waals surface area contributed by atoms with Crippen LogP contribution in [0.15, 0.2) is 116 Å². The van der Waals surface area contributed by atoms with Crippen molar-refractivity contribution in [2.45, 2.75) is 19.0 Å². The number of aromatic hydroxyl groups is 1. The molecule has 8 rings (SSSR count). The highest BCUT2D eigenvalue weighted by Gasteiger charge is 2.38. The number of phenolic OH excluding ortho intramolecular Hbond substituents is 1. The number of anilines is 1. The standard InChI is InChI=1S/C44H32F6N4O6S2/c1-58-37-18-24(2-13-34(37)59-23-26-3-6-27(43(45,46)47)20-33(26)44(48,49)50)19-38-40(57)52-42(62-38)54-16-14-53(15-17-54)41(61)51-28-7-4-25(5-8-28)39-31-11-9-29(55)21-35(31)60-36-22-30(56)10-12-32(36)39/h2-13,18-22,55H,14-17,23H2,1H3,(H,51,61)/b38-19+. The Bertz CT molecular complexity index is 2820. The van der Waals surface area contributed by atoms with Gasteiger partial charge < -0.3 is 34.1 Å². The third-order valence-electron chi connectivity index (χ3n) is 10.2. The molecule has 0 spiro atoms. The number of carbonyl (C=O) groups is 1. The van der Waals surface area contributed by atoms with Gasteiger partial charge in [-0.1, -0.05) is 24.3 Å². The molecule has 4 aliphatic rings. The van der Waals surface area contributed by atoms with Gasteiger partial charge in [-0.2, -0.15) is 31.3 Å². The van der Waals surface area contributed by atoms with Crippen LogP contribution in [0.3, 0.4) is 0 Å². The highest BCUT2D eigenvalue weighted by atomic mass is 32.2. The zero-order valence-electron chi connectivity index (χ0n) is 32.3. The van der Waals surface area contributed by atoms with Crippen LogP contribution in [0.25, 0.3) is 39.5 Å². The highest BCUT2D eigenvalue weighted by molar-refractivity contribution is 8.18. The van der Waals surface area contributed by atoms with Crippen LogP contribution in [-0.4, -0.2) is 64.4 Å². The Morgan fingerprint density at radius 2 is 1.65 bits per heavy atom. The van der Waals surface area contributed by atoms with Crippen molar-refractivity contribution in [3.8, 4) is 39.7 Å². The van der Waals surface area contributed by atoms with E-state index >= 15 is 0 Å². The Hall–Kier alpha value is -6.53. The first-order chi connectivity index (χ1) is 29.5. The maximum Gasteiger partial charge on any atom is 0.416 e.